The topological polar surface area (TPSA) is 61.6 Å². The van der Waals surface area contributed by atoms with Crippen LogP contribution in [0.5, 0.6) is 0 Å². The molecule has 2 atom stereocenters. The van der Waals surface area contributed by atoms with Gasteiger partial charge in [0.05, 0.1) is 0 Å². The van der Waals surface area contributed by atoms with Gasteiger partial charge < -0.3 is 5.32 Å². The molecule has 0 spiro atoms. The normalized spacial score (nSPS) is 24.1. The summed E-state index contributed by atoms with van der Waals surface area (Å²) in [5.74, 6) is 1.28. The lowest BCUT2D eigenvalue weighted by Crippen LogP contribution is -2.08. The molecule has 1 aliphatic carbocycles. The molecule has 1 saturated carbocycles. The average Bonchev–Trinajstić information content (AvgIpc) is 2.80. The minimum Gasteiger partial charge on any atom is -0.351 e. The van der Waals surface area contributed by atoms with Gasteiger partial charge in [-0.25, -0.2) is 9.97 Å². The first-order valence-electron chi connectivity index (χ1n) is 4.71. The van der Waals surface area contributed by atoms with Crippen LogP contribution in [-0.2, 0) is 0 Å². The number of nitrogens with zero attached hydrogens (tertiary/aromatic N) is 3. The third-order valence-corrected chi connectivity index (χ3v) is 2.39. The Hall–Kier alpha value is -1.63. The third-order valence-electron chi connectivity index (χ3n) is 2.39. The largest absolute Gasteiger partial charge is 0.351 e. The predicted octanol–water partition coefficient (Wildman–Crippen LogP) is 1.48. The highest BCUT2D eigenvalue weighted by Crippen LogP contribution is 2.31. The van der Waals surface area contributed by atoms with Crippen LogP contribution >= 0.6 is 0 Å². The average molecular weight is 188 g/mol. The van der Waals surface area contributed by atoms with E-state index in [0.29, 0.717) is 23.6 Å². The van der Waals surface area contributed by atoms with E-state index in [9.17, 15) is 0 Å². The van der Waals surface area contributed by atoms with Gasteiger partial charge >= 0.3 is 0 Å². The molecule has 4 heteroatoms. The van der Waals surface area contributed by atoms with E-state index in [1.807, 2.05) is 13.0 Å². The van der Waals surface area contributed by atoms with Crippen LogP contribution in [0.15, 0.2) is 6.07 Å². The standard InChI is InChI=1S/C10H12N4/c1-6-3-9(6)14-10-12-7(2)4-8(5-11)13-10/h4,6,9H,3H2,1-2H3,(H,12,13,14). The van der Waals surface area contributed by atoms with Crippen LogP contribution in [0.2, 0.25) is 0 Å². The molecule has 0 bridgehead atoms. The molecule has 0 aromatic carbocycles. The maximum absolute atomic E-state index is 8.72. The predicted molar refractivity (Wildman–Crippen MR) is 52.7 cm³/mol. The Balaban J connectivity index is 2.17. The molecule has 1 fully saturated rings. The number of nitriles is 1. The molecule has 14 heavy (non-hydrogen) atoms. The number of hydrogen-bond donors (Lipinski definition) is 1. The molecule has 2 rings (SSSR count). The number of aryl methyl sites for hydroxylation is 1. The first-order valence-corrected chi connectivity index (χ1v) is 4.71. The molecule has 1 aliphatic rings. The molecule has 1 aromatic rings. The second kappa shape index (κ2) is 3.26. The SMILES string of the molecule is Cc1cc(C#N)nc(NC2CC2C)n1. The fraction of sp³-hybridized carbons (Fsp3) is 0.500. The summed E-state index contributed by atoms with van der Waals surface area (Å²) >= 11 is 0. The smallest absolute Gasteiger partial charge is 0.224 e. The van der Waals surface area contributed by atoms with Gasteiger partial charge in [-0.05, 0) is 25.3 Å². The van der Waals surface area contributed by atoms with E-state index in [0.717, 1.165) is 5.69 Å². The Kier molecular flexibility index (Phi) is 2.08. The summed E-state index contributed by atoms with van der Waals surface area (Å²) in [4.78, 5) is 8.31. The zero-order valence-electron chi connectivity index (χ0n) is 8.28. The molecular formula is C10H12N4. The first kappa shape index (κ1) is 8.95. The lowest BCUT2D eigenvalue weighted by Gasteiger charge is -2.03. The first-order chi connectivity index (χ1) is 6.69. The summed E-state index contributed by atoms with van der Waals surface area (Å²) in [7, 11) is 0. The van der Waals surface area contributed by atoms with Crippen molar-refractivity contribution in [2.45, 2.75) is 26.3 Å². The number of hydrogen-bond acceptors (Lipinski definition) is 4. The van der Waals surface area contributed by atoms with Gasteiger partial charge in [0, 0.05) is 11.7 Å². The van der Waals surface area contributed by atoms with Gasteiger partial charge in [-0.2, -0.15) is 5.26 Å². The fourth-order valence-electron chi connectivity index (χ4n) is 1.38. The van der Waals surface area contributed by atoms with Crippen molar-refractivity contribution in [3.63, 3.8) is 0 Å². The van der Waals surface area contributed by atoms with E-state index in [1.54, 1.807) is 6.07 Å². The van der Waals surface area contributed by atoms with Crippen molar-refractivity contribution in [1.82, 2.24) is 9.97 Å². The Morgan fingerprint density at radius 3 is 2.86 bits per heavy atom. The van der Waals surface area contributed by atoms with Gasteiger partial charge in [0.1, 0.15) is 11.8 Å². The number of aromatic nitrogens is 2. The highest BCUT2D eigenvalue weighted by atomic mass is 15.1. The van der Waals surface area contributed by atoms with Crippen molar-refractivity contribution in [2.75, 3.05) is 5.32 Å². The van der Waals surface area contributed by atoms with Crippen molar-refractivity contribution in [1.29, 1.82) is 5.26 Å². The zero-order valence-corrected chi connectivity index (χ0v) is 8.28. The summed E-state index contributed by atoms with van der Waals surface area (Å²) in [5.41, 5.74) is 1.25. The van der Waals surface area contributed by atoms with Gasteiger partial charge in [0.15, 0.2) is 0 Å². The summed E-state index contributed by atoms with van der Waals surface area (Å²) in [6, 6.07) is 4.19. The van der Waals surface area contributed by atoms with E-state index in [-0.39, 0.29) is 0 Å². The van der Waals surface area contributed by atoms with Gasteiger partial charge in [-0.15, -0.1) is 0 Å². The van der Waals surface area contributed by atoms with Gasteiger partial charge in [-0.1, -0.05) is 6.92 Å². The van der Waals surface area contributed by atoms with E-state index in [2.05, 4.69) is 22.2 Å². The summed E-state index contributed by atoms with van der Waals surface area (Å²) < 4.78 is 0. The van der Waals surface area contributed by atoms with Crippen molar-refractivity contribution >= 4 is 5.95 Å². The maximum atomic E-state index is 8.72. The second-order valence-electron chi connectivity index (χ2n) is 3.79. The van der Waals surface area contributed by atoms with Gasteiger partial charge in [0.2, 0.25) is 5.95 Å². The Bertz CT molecular complexity index is 394. The molecule has 1 heterocycles. The highest BCUT2D eigenvalue weighted by Gasteiger charge is 2.33. The van der Waals surface area contributed by atoms with Crippen molar-refractivity contribution in [3.8, 4) is 6.07 Å². The van der Waals surface area contributed by atoms with Crippen molar-refractivity contribution in [2.24, 2.45) is 5.92 Å². The van der Waals surface area contributed by atoms with Crippen LogP contribution < -0.4 is 5.32 Å². The summed E-state index contributed by atoms with van der Waals surface area (Å²) in [6.45, 7) is 4.04. The van der Waals surface area contributed by atoms with Crippen LogP contribution in [0.25, 0.3) is 0 Å². The van der Waals surface area contributed by atoms with Crippen LogP contribution in [-0.4, -0.2) is 16.0 Å². The highest BCUT2D eigenvalue weighted by molar-refractivity contribution is 5.35. The molecule has 2 unspecified atom stereocenters. The maximum Gasteiger partial charge on any atom is 0.224 e. The second-order valence-corrected chi connectivity index (χ2v) is 3.79. The van der Waals surface area contributed by atoms with Crippen LogP contribution in [0.4, 0.5) is 5.95 Å². The van der Waals surface area contributed by atoms with Gasteiger partial charge in [0.25, 0.3) is 0 Å². The van der Waals surface area contributed by atoms with E-state index in [4.69, 9.17) is 5.26 Å². The van der Waals surface area contributed by atoms with Crippen LogP contribution in [0.3, 0.4) is 0 Å². The third kappa shape index (κ3) is 1.82. The zero-order chi connectivity index (χ0) is 10.1. The van der Waals surface area contributed by atoms with Crippen LogP contribution in [0, 0.1) is 24.2 Å². The number of rotatable bonds is 2. The summed E-state index contributed by atoms with van der Waals surface area (Å²) in [6.07, 6.45) is 1.17. The lowest BCUT2D eigenvalue weighted by molar-refractivity contribution is 0.909. The van der Waals surface area contributed by atoms with Crippen molar-refractivity contribution < 1.29 is 0 Å². The summed E-state index contributed by atoms with van der Waals surface area (Å²) in [5, 5.41) is 11.9. The van der Waals surface area contributed by atoms with Gasteiger partial charge in [-0.3, -0.25) is 0 Å². The van der Waals surface area contributed by atoms with Crippen LogP contribution in [0.1, 0.15) is 24.7 Å². The Morgan fingerprint density at radius 1 is 1.57 bits per heavy atom. The molecule has 1 aromatic heterocycles. The molecule has 0 saturated heterocycles. The monoisotopic (exact) mass is 188 g/mol. The Morgan fingerprint density at radius 2 is 2.29 bits per heavy atom. The minimum absolute atomic E-state index is 0.424. The van der Waals surface area contributed by atoms with E-state index < -0.39 is 0 Å². The molecule has 0 radical (unpaired) electrons. The molecule has 4 nitrogen and oxygen atoms in total. The Labute approximate surface area is 83.0 Å². The number of nitrogens with one attached hydrogen (secondary N) is 1. The quantitative estimate of drug-likeness (QED) is 0.763. The molecule has 1 N–H and O–H groups in total. The molecule has 72 valence electrons. The fourth-order valence-corrected chi connectivity index (χ4v) is 1.38. The van der Waals surface area contributed by atoms with E-state index >= 15 is 0 Å². The van der Waals surface area contributed by atoms with Crippen molar-refractivity contribution in [3.05, 3.63) is 17.5 Å². The lowest BCUT2D eigenvalue weighted by atomic mass is 10.3. The number of anilines is 1. The molecular weight excluding hydrogens is 176 g/mol. The molecule has 0 amide bonds. The molecule has 0 aliphatic heterocycles. The van der Waals surface area contributed by atoms with E-state index in [1.165, 1.54) is 6.42 Å². The minimum atomic E-state index is 0.424.